The summed E-state index contributed by atoms with van der Waals surface area (Å²) in [6, 6.07) is 15.6. The minimum atomic E-state index is -0.723. The van der Waals surface area contributed by atoms with Crippen LogP contribution in [0.5, 0.6) is 5.75 Å². The Morgan fingerprint density at radius 2 is 1.93 bits per heavy atom. The number of carbonyl (C=O) groups is 1. The number of hydrogen-bond donors (Lipinski definition) is 1. The molecule has 1 heterocycles. The van der Waals surface area contributed by atoms with Crippen molar-refractivity contribution < 1.29 is 9.53 Å². The molecule has 1 aromatic heterocycles. The van der Waals surface area contributed by atoms with Crippen LogP contribution in [-0.4, -0.2) is 22.8 Å². The van der Waals surface area contributed by atoms with Gasteiger partial charge in [-0.25, -0.2) is 4.68 Å². The largest absolute Gasteiger partial charge is 0.497 e. The smallest absolute Gasteiger partial charge is 0.267 e. The van der Waals surface area contributed by atoms with Crippen molar-refractivity contribution in [1.82, 2.24) is 9.78 Å². The van der Waals surface area contributed by atoms with Gasteiger partial charge >= 0.3 is 0 Å². The summed E-state index contributed by atoms with van der Waals surface area (Å²) in [5.74, 6) is 0.344. The first-order valence-electron chi connectivity index (χ1n) is 9.55. The van der Waals surface area contributed by atoms with Gasteiger partial charge in [-0.2, -0.15) is 5.10 Å². The molecule has 1 atom stereocenters. The molecule has 1 N–H and O–H groups in total. The minimum absolute atomic E-state index is 0.298. The molecule has 29 heavy (non-hydrogen) atoms. The van der Waals surface area contributed by atoms with Crippen LogP contribution in [0.3, 0.4) is 0 Å². The number of carbonyl (C=O) groups excluding carboxylic acids is 1. The van der Waals surface area contributed by atoms with Gasteiger partial charge in [0.15, 0.2) is 0 Å². The number of amides is 1. The van der Waals surface area contributed by atoms with Gasteiger partial charge in [0, 0.05) is 23.4 Å². The normalized spacial score (nSPS) is 11.7. The van der Waals surface area contributed by atoms with E-state index in [9.17, 15) is 9.59 Å². The highest BCUT2D eigenvalue weighted by molar-refractivity contribution is 5.93. The van der Waals surface area contributed by atoms with Crippen LogP contribution in [0.15, 0.2) is 59.4 Å². The first kappa shape index (κ1) is 20.3. The van der Waals surface area contributed by atoms with Crippen LogP contribution in [0.25, 0.3) is 11.3 Å². The monoisotopic (exact) mass is 391 g/mol. The standard InChI is InChI=1S/C23H25N3O3/c1-5-21(23(28)24-17-7-6-8-18(14-17)29-4)26-22(27)12-11-20(25-26)19-13-15(2)9-10-16(19)3/h6-14,21H,5H2,1-4H3,(H,24,28)/t21-/m0/s1. The number of rotatable bonds is 6. The summed E-state index contributed by atoms with van der Waals surface area (Å²) < 4.78 is 6.46. The lowest BCUT2D eigenvalue weighted by Gasteiger charge is -2.18. The summed E-state index contributed by atoms with van der Waals surface area (Å²) >= 11 is 0. The van der Waals surface area contributed by atoms with Crippen molar-refractivity contribution in [3.63, 3.8) is 0 Å². The van der Waals surface area contributed by atoms with E-state index < -0.39 is 6.04 Å². The van der Waals surface area contributed by atoms with E-state index in [1.54, 1.807) is 37.4 Å². The van der Waals surface area contributed by atoms with Gasteiger partial charge in [0.1, 0.15) is 11.8 Å². The fraction of sp³-hybridized carbons (Fsp3) is 0.261. The van der Waals surface area contributed by atoms with Gasteiger partial charge in [-0.15, -0.1) is 0 Å². The second kappa shape index (κ2) is 8.73. The van der Waals surface area contributed by atoms with Gasteiger partial charge in [0.05, 0.1) is 12.8 Å². The van der Waals surface area contributed by atoms with Crippen molar-refractivity contribution in [1.29, 1.82) is 0 Å². The van der Waals surface area contributed by atoms with Gasteiger partial charge < -0.3 is 10.1 Å². The van der Waals surface area contributed by atoms with Crippen molar-refractivity contribution in [2.45, 2.75) is 33.2 Å². The zero-order valence-corrected chi connectivity index (χ0v) is 17.1. The predicted molar refractivity (Wildman–Crippen MR) is 114 cm³/mol. The van der Waals surface area contributed by atoms with Crippen LogP contribution in [0.2, 0.25) is 0 Å². The topological polar surface area (TPSA) is 73.2 Å². The summed E-state index contributed by atoms with van der Waals surface area (Å²) in [4.78, 5) is 25.4. The maximum absolute atomic E-state index is 12.9. The third-order valence-electron chi connectivity index (χ3n) is 4.82. The number of hydrogen-bond acceptors (Lipinski definition) is 4. The van der Waals surface area contributed by atoms with Crippen LogP contribution in [0.4, 0.5) is 5.69 Å². The van der Waals surface area contributed by atoms with E-state index in [0.717, 1.165) is 16.7 Å². The average molecular weight is 391 g/mol. The molecule has 6 heteroatoms. The molecule has 0 aliphatic heterocycles. The Balaban J connectivity index is 1.95. The van der Waals surface area contributed by atoms with E-state index in [1.807, 2.05) is 39.0 Å². The highest BCUT2D eigenvalue weighted by Crippen LogP contribution is 2.23. The van der Waals surface area contributed by atoms with Crippen LogP contribution >= 0.6 is 0 Å². The first-order valence-corrected chi connectivity index (χ1v) is 9.55. The quantitative estimate of drug-likeness (QED) is 0.686. The average Bonchev–Trinajstić information content (AvgIpc) is 2.72. The van der Waals surface area contributed by atoms with Gasteiger partial charge in [0.25, 0.3) is 5.56 Å². The number of benzene rings is 2. The van der Waals surface area contributed by atoms with Crippen molar-refractivity contribution in [2.24, 2.45) is 0 Å². The lowest BCUT2D eigenvalue weighted by molar-refractivity contribution is -0.119. The summed E-state index contributed by atoms with van der Waals surface area (Å²) in [7, 11) is 1.57. The number of ether oxygens (including phenoxy) is 1. The molecule has 0 aliphatic rings. The van der Waals surface area contributed by atoms with E-state index in [-0.39, 0.29) is 11.5 Å². The van der Waals surface area contributed by atoms with Crippen molar-refractivity contribution in [2.75, 3.05) is 12.4 Å². The molecular weight excluding hydrogens is 366 g/mol. The Kier molecular flexibility index (Phi) is 6.12. The fourth-order valence-electron chi connectivity index (χ4n) is 3.20. The van der Waals surface area contributed by atoms with Gasteiger partial charge in [-0.05, 0) is 50.1 Å². The third-order valence-corrected chi connectivity index (χ3v) is 4.82. The molecule has 0 aliphatic carbocycles. The molecule has 3 aromatic rings. The zero-order chi connectivity index (χ0) is 21.0. The first-order chi connectivity index (χ1) is 13.9. The van der Waals surface area contributed by atoms with E-state index in [4.69, 9.17) is 4.74 Å². The van der Waals surface area contributed by atoms with Crippen molar-refractivity contribution in [3.8, 4) is 17.0 Å². The number of aryl methyl sites for hydroxylation is 2. The molecular formula is C23H25N3O3. The molecule has 0 bridgehead atoms. The number of nitrogens with zero attached hydrogens (tertiary/aromatic N) is 2. The molecule has 0 spiro atoms. The van der Waals surface area contributed by atoms with E-state index in [0.29, 0.717) is 23.6 Å². The molecule has 3 rings (SSSR count). The van der Waals surface area contributed by atoms with Crippen LogP contribution in [0, 0.1) is 13.8 Å². The minimum Gasteiger partial charge on any atom is -0.497 e. The van der Waals surface area contributed by atoms with Crippen molar-refractivity contribution in [3.05, 3.63) is 76.1 Å². The SMILES string of the molecule is CC[C@@H](C(=O)Nc1cccc(OC)c1)n1nc(-c2cc(C)ccc2C)ccc1=O. The van der Waals surface area contributed by atoms with E-state index in [2.05, 4.69) is 10.4 Å². The number of anilines is 1. The number of nitrogens with one attached hydrogen (secondary N) is 1. The Morgan fingerprint density at radius 1 is 1.14 bits per heavy atom. The molecule has 2 aromatic carbocycles. The molecule has 0 fully saturated rings. The molecule has 150 valence electrons. The van der Waals surface area contributed by atoms with Crippen LogP contribution in [-0.2, 0) is 4.79 Å². The van der Waals surface area contributed by atoms with Gasteiger partial charge in [-0.3, -0.25) is 9.59 Å². The van der Waals surface area contributed by atoms with E-state index in [1.165, 1.54) is 10.7 Å². The third kappa shape index (κ3) is 4.54. The molecule has 6 nitrogen and oxygen atoms in total. The second-order valence-electron chi connectivity index (χ2n) is 6.97. The maximum atomic E-state index is 12.9. The van der Waals surface area contributed by atoms with Gasteiger partial charge in [-0.1, -0.05) is 30.7 Å². The Morgan fingerprint density at radius 3 is 2.66 bits per heavy atom. The molecule has 0 saturated carbocycles. The number of aromatic nitrogens is 2. The molecule has 0 unspecified atom stereocenters. The number of methoxy groups -OCH3 is 1. The summed E-state index contributed by atoms with van der Waals surface area (Å²) in [6.45, 7) is 5.86. The summed E-state index contributed by atoms with van der Waals surface area (Å²) in [5.41, 5.74) is 4.06. The van der Waals surface area contributed by atoms with Gasteiger partial charge in [0.2, 0.25) is 5.91 Å². The lowest BCUT2D eigenvalue weighted by Crippen LogP contribution is -2.34. The highest BCUT2D eigenvalue weighted by Gasteiger charge is 2.22. The maximum Gasteiger partial charge on any atom is 0.267 e. The fourth-order valence-corrected chi connectivity index (χ4v) is 3.20. The Hall–Kier alpha value is -3.41. The zero-order valence-electron chi connectivity index (χ0n) is 17.1. The molecule has 0 radical (unpaired) electrons. The summed E-state index contributed by atoms with van der Waals surface area (Å²) in [5, 5.41) is 7.39. The Labute approximate surface area is 170 Å². The highest BCUT2D eigenvalue weighted by atomic mass is 16.5. The van der Waals surface area contributed by atoms with Crippen LogP contribution < -0.4 is 15.6 Å². The summed E-state index contributed by atoms with van der Waals surface area (Å²) in [6.07, 6.45) is 0.430. The predicted octanol–water partition coefficient (Wildman–Crippen LogP) is 4.13. The van der Waals surface area contributed by atoms with E-state index >= 15 is 0 Å². The Bertz CT molecular complexity index is 1090. The van der Waals surface area contributed by atoms with Crippen molar-refractivity contribution >= 4 is 11.6 Å². The molecule has 0 saturated heterocycles. The van der Waals surface area contributed by atoms with Crippen LogP contribution in [0.1, 0.15) is 30.5 Å². The second-order valence-corrected chi connectivity index (χ2v) is 6.97. The molecule has 1 amide bonds. The lowest BCUT2D eigenvalue weighted by atomic mass is 10.0.